The van der Waals surface area contributed by atoms with E-state index in [0.717, 1.165) is 11.9 Å². The Bertz CT molecular complexity index is 173. The third-order valence-corrected chi connectivity index (χ3v) is 0.994. The van der Waals surface area contributed by atoms with Crippen molar-refractivity contribution < 1.29 is 4.79 Å². The Labute approximate surface area is 61.8 Å². The van der Waals surface area contributed by atoms with Gasteiger partial charge in [0.15, 0.2) is 0 Å². The molecule has 0 fully saturated rings. The molecule has 1 nitrogen and oxygen atoms in total. The number of allylic oxidation sites excluding steroid dienone is 6. The van der Waals surface area contributed by atoms with E-state index in [9.17, 15) is 4.79 Å². The molecule has 0 rings (SSSR count). The molecule has 0 unspecified atom stereocenters. The highest BCUT2D eigenvalue weighted by atomic mass is 16.1. The van der Waals surface area contributed by atoms with Crippen LogP contribution < -0.4 is 0 Å². The highest BCUT2D eigenvalue weighted by molar-refractivity contribution is 5.66. The predicted octanol–water partition coefficient (Wildman–Crippen LogP) is 2.26. The number of hydrogen-bond donors (Lipinski definition) is 0. The average Bonchev–Trinajstić information content (AvgIpc) is 1.89. The van der Waals surface area contributed by atoms with Crippen LogP contribution in [0.3, 0.4) is 0 Å². The van der Waals surface area contributed by atoms with Gasteiger partial charge in [0.05, 0.1) is 0 Å². The summed E-state index contributed by atoms with van der Waals surface area (Å²) in [6.07, 6.45) is 9.95. The van der Waals surface area contributed by atoms with E-state index < -0.39 is 0 Å². The standard InChI is InChI=1S/C9H12O/c1-3-4-5-6-9(2)7-8-10/h3-8H,1-2H3/b4-3+,6-5+,9-7+. The zero-order valence-corrected chi connectivity index (χ0v) is 6.37. The van der Waals surface area contributed by atoms with E-state index in [2.05, 4.69) is 0 Å². The molecule has 0 saturated carbocycles. The summed E-state index contributed by atoms with van der Waals surface area (Å²) >= 11 is 0. The Morgan fingerprint density at radius 3 is 2.50 bits per heavy atom. The summed E-state index contributed by atoms with van der Waals surface area (Å²) < 4.78 is 0. The van der Waals surface area contributed by atoms with E-state index in [1.807, 2.05) is 38.2 Å². The van der Waals surface area contributed by atoms with Crippen molar-refractivity contribution in [3.8, 4) is 0 Å². The Hall–Kier alpha value is -1.11. The number of carbonyl (C=O) groups excluding carboxylic acids is 1. The molecule has 0 atom stereocenters. The van der Waals surface area contributed by atoms with E-state index >= 15 is 0 Å². The van der Waals surface area contributed by atoms with Crippen LogP contribution in [-0.2, 0) is 4.79 Å². The van der Waals surface area contributed by atoms with Crippen molar-refractivity contribution in [1.82, 2.24) is 0 Å². The molecule has 0 saturated heterocycles. The Kier molecular flexibility index (Phi) is 5.35. The lowest BCUT2D eigenvalue weighted by atomic mass is 10.2. The molecule has 0 spiro atoms. The first kappa shape index (κ1) is 8.89. The van der Waals surface area contributed by atoms with Gasteiger partial charge in [-0.15, -0.1) is 0 Å². The van der Waals surface area contributed by atoms with Gasteiger partial charge in [-0.2, -0.15) is 0 Å². The van der Waals surface area contributed by atoms with Crippen LogP contribution in [0.5, 0.6) is 0 Å². The SMILES string of the molecule is C/C=C/C=C/C(C)=C/C=O. The van der Waals surface area contributed by atoms with Gasteiger partial charge in [0, 0.05) is 0 Å². The molecule has 0 amide bonds. The van der Waals surface area contributed by atoms with E-state index in [4.69, 9.17) is 0 Å². The van der Waals surface area contributed by atoms with Crippen molar-refractivity contribution in [2.45, 2.75) is 13.8 Å². The van der Waals surface area contributed by atoms with Gasteiger partial charge in [-0.3, -0.25) is 4.79 Å². The van der Waals surface area contributed by atoms with E-state index in [1.165, 1.54) is 6.08 Å². The van der Waals surface area contributed by atoms with Gasteiger partial charge in [0.2, 0.25) is 0 Å². The van der Waals surface area contributed by atoms with Crippen molar-refractivity contribution in [3.05, 3.63) is 36.0 Å². The van der Waals surface area contributed by atoms with Crippen LogP contribution in [0.15, 0.2) is 36.0 Å². The number of hydrogen-bond acceptors (Lipinski definition) is 1. The second-order valence-electron chi connectivity index (χ2n) is 1.93. The number of carbonyl (C=O) groups is 1. The first-order valence-electron chi connectivity index (χ1n) is 3.22. The van der Waals surface area contributed by atoms with Crippen LogP contribution in [0.2, 0.25) is 0 Å². The maximum Gasteiger partial charge on any atom is 0.143 e. The molecule has 1 heteroatoms. The average molecular weight is 136 g/mol. The van der Waals surface area contributed by atoms with Gasteiger partial charge < -0.3 is 0 Å². The van der Waals surface area contributed by atoms with Gasteiger partial charge in [-0.25, -0.2) is 0 Å². The van der Waals surface area contributed by atoms with Crippen LogP contribution in [0.1, 0.15) is 13.8 Å². The second kappa shape index (κ2) is 6.02. The summed E-state index contributed by atoms with van der Waals surface area (Å²) in [7, 11) is 0. The van der Waals surface area contributed by atoms with Gasteiger partial charge in [-0.1, -0.05) is 24.3 Å². The molecule has 10 heavy (non-hydrogen) atoms. The largest absolute Gasteiger partial charge is 0.299 e. The third-order valence-electron chi connectivity index (χ3n) is 0.994. The molecule has 0 aromatic heterocycles. The topological polar surface area (TPSA) is 17.1 Å². The van der Waals surface area contributed by atoms with E-state index in [0.29, 0.717) is 0 Å². The fourth-order valence-corrected chi connectivity index (χ4v) is 0.481. The molecule has 0 radical (unpaired) electrons. The van der Waals surface area contributed by atoms with Gasteiger partial charge in [0.1, 0.15) is 6.29 Å². The minimum Gasteiger partial charge on any atom is -0.299 e. The Morgan fingerprint density at radius 2 is 2.00 bits per heavy atom. The molecular weight excluding hydrogens is 124 g/mol. The van der Waals surface area contributed by atoms with Crippen molar-refractivity contribution in [3.63, 3.8) is 0 Å². The summed E-state index contributed by atoms with van der Waals surface area (Å²) in [4.78, 5) is 9.92. The normalized spacial score (nSPS) is 13.2. The van der Waals surface area contributed by atoms with Crippen molar-refractivity contribution in [2.75, 3.05) is 0 Å². The Morgan fingerprint density at radius 1 is 1.30 bits per heavy atom. The van der Waals surface area contributed by atoms with Gasteiger partial charge in [0.25, 0.3) is 0 Å². The highest BCUT2D eigenvalue weighted by Gasteiger charge is 1.75. The molecule has 0 aromatic rings. The molecule has 0 bridgehead atoms. The molecule has 0 aliphatic rings. The van der Waals surface area contributed by atoms with Crippen LogP contribution in [0.25, 0.3) is 0 Å². The van der Waals surface area contributed by atoms with Crippen LogP contribution in [-0.4, -0.2) is 6.29 Å². The number of rotatable bonds is 3. The fraction of sp³-hybridized carbons (Fsp3) is 0.222. The van der Waals surface area contributed by atoms with Crippen molar-refractivity contribution in [2.24, 2.45) is 0 Å². The molecule has 0 N–H and O–H groups in total. The first-order valence-corrected chi connectivity index (χ1v) is 3.22. The van der Waals surface area contributed by atoms with Crippen LogP contribution in [0, 0.1) is 0 Å². The monoisotopic (exact) mass is 136 g/mol. The van der Waals surface area contributed by atoms with Crippen LogP contribution in [0.4, 0.5) is 0 Å². The molecule has 0 aliphatic carbocycles. The predicted molar refractivity (Wildman–Crippen MR) is 43.8 cm³/mol. The maximum absolute atomic E-state index is 9.92. The molecular formula is C9H12O. The summed E-state index contributed by atoms with van der Waals surface area (Å²) in [5.74, 6) is 0. The maximum atomic E-state index is 9.92. The van der Waals surface area contributed by atoms with Crippen molar-refractivity contribution in [1.29, 1.82) is 0 Å². The number of aldehydes is 1. The smallest absolute Gasteiger partial charge is 0.143 e. The zero-order valence-electron chi connectivity index (χ0n) is 6.37. The lowest BCUT2D eigenvalue weighted by molar-refractivity contribution is -0.104. The zero-order chi connectivity index (χ0) is 7.82. The minimum absolute atomic E-state index is 0.787. The summed E-state index contributed by atoms with van der Waals surface area (Å²) in [6, 6.07) is 0. The fourth-order valence-electron chi connectivity index (χ4n) is 0.481. The molecule has 0 aliphatic heterocycles. The van der Waals surface area contributed by atoms with E-state index in [-0.39, 0.29) is 0 Å². The first-order chi connectivity index (χ1) is 4.81. The van der Waals surface area contributed by atoms with Gasteiger partial charge >= 0.3 is 0 Å². The van der Waals surface area contributed by atoms with E-state index in [1.54, 1.807) is 0 Å². The molecule has 54 valence electrons. The van der Waals surface area contributed by atoms with Crippen molar-refractivity contribution >= 4 is 6.29 Å². The molecule has 0 heterocycles. The van der Waals surface area contributed by atoms with Crippen LogP contribution >= 0.6 is 0 Å². The summed E-state index contributed by atoms with van der Waals surface area (Å²) in [5.41, 5.74) is 0.966. The summed E-state index contributed by atoms with van der Waals surface area (Å²) in [6.45, 7) is 3.83. The minimum atomic E-state index is 0.787. The van der Waals surface area contributed by atoms with Gasteiger partial charge in [-0.05, 0) is 25.5 Å². The molecule has 0 aromatic carbocycles. The highest BCUT2D eigenvalue weighted by Crippen LogP contribution is 1.92. The Balaban J connectivity index is 3.88. The lowest BCUT2D eigenvalue weighted by Crippen LogP contribution is -1.67. The second-order valence-corrected chi connectivity index (χ2v) is 1.93. The summed E-state index contributed by atoms with van der Waals surface area (Å²) in [5, 5.41) is 0. The quantitative estimate of drug-likeness (QED) is 0.330. The third kappa shape index (κ3) is 5.04. The lowest BCUT2D eigenvalue weighted by Gasteiger charge is -1.82.